The van der Waals surface area contributed by atoms with Crippen molar-refractivity contribution in [3.05, 3.63) is 41.5 Å². The molecule has 1 fully saturated rings. The second-order valence-electron chi connectivity index (χ2n) is 7.26. The number of unbranched alkanes of at least 4 members (excludes halogenated alkanes) is 4. The quantitative estimate of drug-likeness (QED) is 0.419. The summed E-state index contributed by atoms with van der Waals surface area (Å²) in [7, 11) is 0. The van der Waals surface area contributed by atoms with Gasteiger partial charge in [-0.3, -0.25) is 0 Å². The average molecular weight is 328 g/mol. The molecule has 1 aliphatic rings. The molecule has 0 unspecified atom stereocenters. The van der Waals surface area contributed by atoms with Crippen molar-refractivity contribution in [3.63, 3.8) is 0 Å². The van der Waals surface area contributed by atoms with Crippen LogP contribution in [0.4, 0.5) is 0 Å². The summed E-state index contributed by atoms with van der Waals surface area (Å²) in [6.07, 6.45) is 16.6. The molecule has 0 atom stereocenters. The summed E-state index contributed by atoms with van der Waals surface area (Å²) in [5.41, 5.74) is 2.38. The summed E-state index contributed by atoms with van der Waals surface area (Å²) in [6.45, 7) is 2.27. The Balaban J connectivity index is 1.73. The number of carboxylic acids is 1. The molecule has 2 heteroatoms. The van der Waals surface area contributed by atoms with Gasteiger partial charge in [-0.1, -0.05) is 69.7 Å². The first-order valence-corrected chi connectivity index (χ1v) is 9.70. The molecule has 132 valence electrons. The van der Waals surface area contributed by atoms with Gasteiger partial charge in [-0.25, -0.2) is 4.79 Å². The van der Waals surface area contributed by atoms with Crippen LogP contribution in [0.2, 0.25) is 0 Å². The van der Waals surface area contributed by atoms with Gasteiger partial charge in [0.05, 0.1) is 0 Å². The van der Waals surface area contributed by atoms with Gasteiger partial charge in [0.1, 0.15) is 0 Å². The molecule has 1 N–H and O–H groups in total. The Morgan fingerprint density at radius 1 is 1.04 bits per heavy atom. The number of carboxylic acid groups (broad SMARTS) is 1. The molecule has 2 nitrogen and oxygen atoms in total. The minimum Gasteiger partial charge on any atom is -0.478 e. The monoisotopic (exact) mass is 328 g/mol. The van der Waals surface area contributed by atoms with Crippen molar-refractivity contribution in [3.8, 4) is 0 Å². The van der Waals surface area contributed by atoms with E-state index in [0.717, 1.165) is 11.5 Å². The third-order valence-electron chi connectivity index (χ3n) is 5.39. The summed E-state index contributed by atoms with van der Waals surface area (Å²) in [5.74, 6) is 0.742. The Morgan fingerprint density at radius 3 is 2.33 bits per heavy atom. The summed E-state index contributed by atoms with van der Waals surface area (Å²) in [5, 5.41) is 8.68. The molecule has 0 radical (unpaired) electrons. The molecule has 1 aliphatic carbocycles. The Bertz CT molecular complexity index is 507. The minimum absolute atomic E-state index is 0.693. The van der Waals surface area contributed by atoms with Gasteiger partial charge >= 0.3 is 5.97 Å². The first-order chi connectivity index (χ1) is 11.7. The highest BCUT2D eigenvalue weighted by Crippen LogP contribution is 2.37. The van der Waals surface area contributed by atoms with Gasteiger partial charge in [0.25, 0.3) is 0 Å². The van der Waals surface area contributed by atoms with Gasteiger partial charge in [0.15, 0.2) is 0 Å². The molecule has 0 aromatic heterocycles. The maximum atomic E-state index is 10.6. The molecule has 1 aromatic carbocycles. The predicted molar refractivity (Wildman–Crippen MR) is 101 cm³/mol. The molecular formula is C22H32O2. The van der Waals surface area contributed by atoms with Gasteiger partial charge in [-0.05, 0) is 54.7 Å². The van der Waals surface area contributed by atoms with Gasteiger partial charge in [0.2, 0.25) is 0 Å². The van der Waals surface area contributed by atoms with E-state index >= 15 is 0 Å². The van der Waals surface area contributed by atoms with Gasteiger partial charge in [-0.15, -0.1) is 0 Å². The fourth-order valence-corrected chi connectivity index (χ4v) is 3.87. The topological polar surface area (TPSA) is 37.3 Å². The normalized spacial score (nSPS) is 21.2. The van der Waals surface area contributed by atoms with Crippen LogP contribution in [0.3, 0.4) is 0 Å². The molecule has 0 bridgehead atoms. The maximum absolute atomic E-state index is 10.6. The number of rotatable bonds is 9. The molecule has 0 heterocycles. The van der Waals surface area contributed by atoms with Crippen molar-refractivity contribution in [2.75, 3.05) is 0 Å². The van der Waals surface area contributed by atoms with Crippen LogP contribution in [0.1, 0.15) is 88.2 Å². The van der Waals surface area contributed by atoms with Gasteiger partial charge < -0.3 is 5.11 Å². The molecule has 1 saturated carbocycles. The Kier molecular flexibility index (Phi) is 8.07. The predicted octanol–water partition coefficient (Wildman–Crippen LogP) is 6.42. The van der Waals surface area contributed by atoms with E-state index in [2.05, 4.69) is 19.1 Å². The largest absolute Gasteiger partial charge is 0.478 e. The van der Waals surface area contributed by atoms with Crippen molar-refractivity contribution in [2.24, 2.45) is 5.92 Å². The summed E-state index contributed by atoms with van der Waals surface area (Å²) >= 11 is 0. The molecule has 0 aliphatic heterocycles. The van der Waals surface area contributed by atoms with E-state index in [1.165, 1.54) is 75.8 Å². The highest BCUT2D eigenvalue weighted by molar-refractivity contribution is 5.85. The van der Waals surface area contributed by atoms with Crippen LogP contribution in [-0.2, 0) is 4.79 Å². The zero-order chi connectivity index (χ0) is 17.2. The van der Waals surface area contributed by atoms with E-state index in [-0.39, 0.29) is 0 Å². The molecule has 0 spiro atoms. The Labute approximate surface area is 147 Å². The third kappa shape index (κ3) is 6.51. The van der Waals surface area contributed by atoms with Crippen LogP contribution in [0.15, 0.2) is 30.3 Å². The lowest BCUT2D eigenvalue weighted by molar-refractivity contribution is -0.131. The Morgan fingerprint density at radius 2 is 1.71 bits per heavy atom. The van der Waals surface area contributed by atoms with E-state index < -0.39 is 5.97 Å². The standard InChI is InChI=1S/C22H32O2/c1-2-3-4-5-6-7-18-8-13-20(14-9-18)21-15-10-19(11-16-21)12-17-22(23)24/h10-12,15-18,20H,2-9,13-14H2,1H3,(H,23,24)/t18-,20+. The molecule has 2 rings (SSSR count). The second-order valence-corrected chi connectivity index (χ2v) is 7.26. The van der Waals surface area contributed by atoms with E-state index in [1.807, 2.05) is 12.1 Å². The zero-order valence-electron chi connectivity index (χ0n) is 15.0. The van der Waals surface area contributed by atoms with Crippen molar-refractivity contribution < 1.29 is 9.90 Å². The average Bonchev–Trinajstić information content (AvgIpc) is 2.61. The SMILES string of the molecule is CCCCCCC[C@H]1CC[C@@H](c2ccc(C=CC(=O)O)cc2)CC1. The van der Waals surface area contributed by atoms with Crippen LogP contribution >= 0.6 is 0 Å². The van der Waals surface area contributed by atoms with Crippen LogP contribution < -0.4 is 0 Å². The fourth-order valence-electron chi connectivity index (χ4n) is 3.87. The van der Waals surface area contributed by atoms with Crippen molar-refractivity contribution in [1.82, 2.24) is 0 Å². The number of aliphatic carboxylic acids is 1. The van der Waals surface area contributed by atoms with Crippen molar-refractivity contribution >= 4 is 12.0 Å². The smallest absolute Gasteiger partial charge is 0.328 e. The number of carbonyl (C=O) groups is 1. The number of hydrogen-bond acceptors (Lipinski definition) is 1. The van der Waals surface area contributed by atoms with E-state index in [1.54, 1.807) is 6.08 Å². The highest BCUT2D eigenvalue weighted by atomic mass is 16.4. The first kappa shape index (κ1) is 18.8. The van der Waals surface area contributed by atoms with Crippen molar-refractivity contribution in [1.29, 1.82) is 0 Å². The number of hydrogen-bond donors (Lipinski definition) is 1. The summed E-state index contributed by atoms with van der Waals surface area (Å²) < 4.78 is 0. The first-order valence-electron chi connectivity index (χ1n) is 9.70. The molecule has 1 aromatic rings. The molecule has 24 heavy (non-hydrogen) atoms. The maximum Gasteiger partial charge on any atom is 0.328 e. The Hall–Kier alpha value is -1.57. The van der Waals surface area contributed by atoms with Crippen LogP contribution in [0.5, 0.6) is 0 Å². The summed E-state index contributed by atoms with van der Waals surface area (Å²) in [4.78, 5) is 10.6. The minimum atomic E-state index is -0.896. The van der Waals surface area contributed by atoms with E-state index in [0.29, 0.717) is 5.92 Å². The lowest BCUT2D eigenvalue weighted by Crippen LogP contribution is -2.13. The molecular weight excluding hydrogens is 296 g/mol. The summed E-state index contributed by atoms with van der Waals surface area (Å²) in [6, 6.07) is 8.43. The fraction of sp³-hybridized carbons (Fsp3) is 0.591. The number of benzene rings is 1. The van der Waals surface area contributed by atoms with E-state index in [9.17, 15) is 4.79 Å². The van der Waals surface area contributed by atoms with E-state index in [4.69, 9.17) is 5.11 Å². The van der Waals surface area contributed by atoms with Gasteiger partial charge in [-0.2, -0.15) is 0 Å². The lowest BCUT2D eigenvalue weighted by Gasteiger charge is -2.29. The van der Waals surface area contributed by atoms with Crippen LogP contribution in [-0.4, -0.2) is 11.1 Å². The molecule has 0 saturated heterocycles. The van der Waals surface area contributed by atoms with Crippen molar-refractivity contribution in [2.45, 2.75) is 77.0 Å². The third-order valence-corrected chi connectivity index (χ3v) is 5.39. The van der Waals surface area contributed by atoms with Crippen LogP contribution in [0.25, 0.3) is 6.08 Å². The van der Waals surface area contributed by atoms with Crippen LogP contribution in [0, 0.1) is 5.92 Å². The molecule has 0 amide bonds. The lowest BCUT2D eigenvalue weighted by atomic mass is 9.77. The second kappa shape index (κ2) is 10.3. The van der Waals surface area contributed by atoms with Gasteiger partial charge in [0, 0.05) is 6.08 Å². The highest BCUT2D eigenvalue weighted by Gasteiger charge is 2.21. The zero-order valence-corrected chi connectivity index (χ0v) is 15.0.